The van der Waals surface area contributed by atoms with E-state index in [1.54, 1.807) is 13.8 Å². The van der Waals surface area contributed by atoms with Gasteiger partial charge in [0.1, 0.15) is 6.61 Å². The third-order valence-corrected chi connectivity index (χ3v) is 7.11. The van der Waals surface area contributed by atoms with Crippen LogP contribution < -0.4 is 9.47 Å². The molecule has 1 fully saturated rings. The molecule has 0 aliphatic carbocycles. The van der Waals surface area contributed by atoms with Crippen LogP contribution in [0, 0.1) is 5.92 Å². The lowest BCUT2D eigenvalue weighted by atomic mass is 9.79. The first-order valence-electron chi connectivity index (χ1n) is 12.4. The number of benzene rings is 3. The summed E-state index contributed by atoms with van der Waals surface area (Å²) < 4.78 is 23.8. The second kappa shape index (κ2) is 10.5. The molecule has 0 amide bonds. The Bertz CT molecular complexity index is 1460. The quantitative estimate of drug-likeness (QED) is 0.190. The van der Waals surface area contributed by atoms with Crippen molar-refractivity contribution in [2.24, 2.45) is 5.92 Å². The van der Waals surface area contributed by atoms with E-state index >= 15 is 0 Å². The topological polar surface area (TPSA) is 86.9 Å². The van der Waals surface area contributed by atoms with E-state index in [-0.39, 0.29) is 0 Å². The molecular weight excluding hydrogens is 550 g/mol. The smallest absolute Gasteiger partial charge is 0.324 e. The van der Waals surface area contributed by atoms with Crippen molar-refractivity contribution in [1.29, 1.82) is 0 Å². The lowest BCUT2D eigenvalue weighted by Crippen LogP contribution is -2.48. The summed E-state index contributed by atoms with van der Waals surface area (Å²) in [7, 11) is 0. The zero-order chi connectivity index (χ0) is 26.9. The molecule has 8 heteroatoms. The van der Waals surface area contributed by atoms with Gasteiger partial charge in [-0.1, -0.05) is 64.5 Å². The third kappa shape index (κ3) is 5.13. The first-order valence-corrected chi connectivity index (χ1v) is 13.2. The number of H-pyrrole nitrogens is 1. The summed E-state index contributed by atoms with van der Waals surface area (Å²) in [4.78, 5) is 29.9. The Labute approximate surface area is 229 Å². The van der Waals surface area contributed by atoms with Crippen LogP contribution in [-0.2, 0) is 25.7 Å². The number of hydrogen-bond donors (Lipinski definition) is 1. The van der Waals surface area contributed by atoms with Gasteiger partial charge in [-0.05, 0) is 41.8 Å². The van der Waals surface area contributed by atoms with Crippen LogP contribution in [0.25, 0.3) is 10.9 Å². The number of para-hydroxylation sites is 1. The molecule has 38 heavy (non-hydrogen) atoms. The van der Waals surface area contributed by atoms with Crippen LogP contribution in [0.4, 0.5) is 0 Å². The molecule has 7 nitrogen and oxygen atoms in total. The summed E-state index contributed by atoms with van der Waals surface area (Å²) >= 11 is 3.69. The minimum atomic E-state index is -1.34. The minimum absolute atomic E-state index is 0.356. The number of halogens is 1. The molecule has 0 spiro atoms. The maximum Gasteiger partial charge on any atom is 0.324 e. The van der Waals surface area contributed by atoms with Gasteiger partial charge in [0.15, 0.2) is 17.4 Å². The summed E-state index contributed by atoms with van der Waals surface area (Å²) in [6.07, 6.45) is 1.82. The molecule has 5 rings (SSSR count). The van der Waals surface area contributed by atoms with Gasteiger partial charge >= 0.3 is 11.9 Å². The zero-order valence-electron chi connectivity index (χ0n) is 21.3. The summed E-state index contributed by atoms with van der Waals surface area (Å²) in [6.45, 7) is 5.73. The summed E-state index contributed by atoms with van der Waals surface area (Å²) in [6, 6.07) is 21.2. The number of hydrogen-bond acceptors (Lipinski definition) is 6. The highest BCUT2D eigenvalue weighted by atomic mass is 79.9. The van der Waals surface area contributed by atoms with Crippen LogP contribution in [0.1, 0.15) is 43.4 Å². The monoisotopic (exact) mass is 577 g/mol. The SMILES string of the molecule is CCOc1cc([C@H](c2c[nH]c3ccccc23)C2C(=O)OC(C)(C)OC2=O)c(Br)cc1OCc1ccccc1. The second-order valence-electron chi connectivity index (χ2n) is 9.51. The molecule has 2 heterocycles. The number of cyclic esters (lactones) is 2. The lowest BCUT2D eigenvalue weighted by Gasteiger charge is -2.36. The molecule has 0 unspecified atom stereocenters. The molecule has 1 atom stereocenters. The maximum atomic E-state index is 13.3. The van der Waals surface area contributed by atoms with E-state index in [9.17, 15) is 9.59 Å². The van der Waals surface area contributed by atoms with Crippen LogP contribution in [-0.4, -0.2) is 29.3 Å². The molecule has 1 aromatic heterocycles. The van der Waals surface area contributed by atoms with E-state index < -0.39 is 29.6 Å². The third-order valence-electron chi connectivity index (χ3n) is 6.43. The Morgan fingerprint density at radius 1 is 0.921 bits per heavy atom. The van der Waals surface area contributed by atoms with Crippen LogP contribution in [0.5, 0.6) is 11.5 Å². The number of carbonyl (C=O) groups excluding carboxylic acids is 2. The lowest BCUT2D eigenvalue weighted by molar-refractivity contribution is -0.240. The number of ether oxygens (including phenoxy) is 4. The van der Waals surface area contributed by atoms with E-state index in [4.69, 9.17) is 18.9 Å². The first-order chi connectivity index (χ1) is 18.3. The number of aromatic nitrogens is 1. The van der Waals surface area contributed by atoms with E-state index in [2.05, 4.69) is 20.9 Å². The zero-order valence-corrected chi connectivity index (χ0v) is 22.9. The van der Waals surface area contributed by atoms with Gasteiger partial charge in [-0.25, -0.2) is 0 Å². The van der Waals surface area contributed by atoms with Gasteiger partial charge < -0.3 is 23.9 Å². The molecule has 3 aromatic carbocycles. The number of nitrogens with one attached hydrogen (secondary N) is 1. The largest absolute Gasteiger partial charge is 0.490 e. The number of fused-ring (bicyclic) bond motifs is 1. The van der Waals surface area contributed by atoms with Crippen molar-refractivity contribution in [3.8, 4) is 11.5 Å². The highest BCUT2D eigenvalue weighted by Crippen LogP contribution is 2.46. The number of rotatable bonds is 8. The normalized spacial score (nSPS) is 16.1. The molecule has 1 aliphatic heterocycles. The molecule has 4 aromatic rings. The highest BCUT2D eigenvalue weighted by molar-refractivity contribution is 9.10. The molecular formula is C30H28BrNO6. The van der Waals surface area contributed by atoms with Gasteiger partial charge in [0, 0.05) is 41.3 Å². The van der Waals surface area contributed by atoms with E-state index in [0.29, 0.717) is 34.7 Å². The Kier molecular flexibility index (Phi) is 7.17. The van der Waals surface area contributed by atoms with Gasteiger partial charge in [-0.2, -0.15) is 0 Å². The second-order valence-corrected chi connectivity index (χ2v) is 10.4. The Morgan fingerprint density at radius 3 is 2.29 bits per heavy atom. The van der Waals surface area contributed by atoms with Crippen molar-refractivity contribution in [3.05, 3.63) is 94.1 Å². The Hall–Kier alpha value is -3.78. The Balaban J connectivity index is 1.62. The summed E-state index contributed by atoms with van der Waals surface area (Å²) in [5.74, 6) is -3.52. The number of carbonyl (C=O) groups is 2. The molecule has 1 saturated heterocycles. The van der Waals surface area contributed by atoms with Crippen molar-refractivity contribution in [3.63, 3.8) is 0 Å². The van der Waals surface area contributed by atoms with Gasteiger partial charge in [-0.3, -0.25) is 9.59 Å². The van der Waals surface area contributed by atoms with Gasteiger partial charge in [0.05, 0.1) is 6.61 Å². The standard InChI is InChI=1S/C30H28BrNO6/c1-4-35-24-14-20(22(31)15-25(24)36-17-18-10-6-5-7-11-18)26(21-16-32-23-13-9-8-12-19(21)23)27-28(33)37-30(2,3)38-29(27)34/h5-16,26-27,32H,4,17H2,1-3H3/t26-/m1/s1. The fourth-order valence-corrected chi connectivity index (χ4v) is 5.35. The van der Waals surface area contributed by atoms with E-state index in [1.165, 1.54) is 0 Å². The van der Waals surface area contributed by atoms with Crippen molar-refractivity contribution in [2.75, 3.05) is 6.61 Å². The molecule has 0 radical (unpaired) electrons. The number of esters is 2. The molecule has 1 aliphatic rings. The number of aromatic amines is 1. The van der Waals surface area contributed by atoms with Crippen molar-refractivity contribution >= 4 is 38.8 Å². The minimum Gasteiger partial charge on any atom is -0.490 e. The summed E-state index contributed by atoms with van der Waals surface area (Å²) in [5.41, 5.74) is 3.33. The highest BCUT2D eigenvalue weighted by Gasteiger charge is 2.49. The van der Waals surface area contributed by atoms with Crippen molar-refractivity contribution < 1.29 is 28.5 Å². The van der Waals surface area contributed by atoms with Crippen molar-refractivity contribution in [2.45, 2.75) is 39.1 Å². The fourth-order valence-electron chi connectivity index (χ4n) is 4.78. The van der Waals surface area contributed by atoms with Crippen LogP contribution in [0.3, 0.4) is 0 Å². The molecule has 0 bridgehead atoms. The molecule has 0 saturated carbocycles. The van der Waals surface area contributed by atoms with Gasteiger partial charge in [-0.15, -0.1) is 0 Å². The Morgan fingerprint density at radius 2 is 1.58 bits per heavy atom. The van der Waals surface area contributed by atoms with E-state index in [1.807, 2.05) is 79.9 Å². The molecule has 196 valence electrons. The van der Waals surface area contributed by atoms with Gasteiger partial charge in [0.25, 0.3) is 5.79 Å². The van der Waals surface area contributed by atoms with E-state index in [0.717, 1.165) is 22.0 Å². The van der Waals surface area contributed by atoms with Gasteiger partial charge in [0.2, 0.25) is 0 Å². The van der Waals surface area contributed by atoms with Crippen LogP contribution in [0.15, 0.2) is 77.4 Å². The fraction of sp³-hybridized carbons (Fsp3) is 0.267. The average Bonchev–Trinajstić information content (AvgIpc) is 3.30. The maximum absolute atomic E-state index is 13.3. The first kappa shape index (κ1) is 25.9. The average molecular weight is 578 g/mol. The summed E-state index contributed by atoms with van der Waals surface area (Å²) in [5, 5.41) is 0.886. The van der Waals surface area contributed by atoms with Crippen LogP contribution in [0.2, 0.25) is 0 Å². The predicted molar refractivity (Wildman–Crippen MR) is 146 cm³/mol. The van der Waals surface area contributed by atoms with Crippen molar-refractivity contribution in [1.82, 2.24) is 4.98 Å². The van der Waals surface area contributed by atoms with Crippen LogP contribution >= 0.6 is 15.9 Å². The predicted octanol–water partition coefficient (Wildman–Crippen LogP) is 6.49. The molecule has 1 N–H and O–H groups in total.